The van der Waals surface area contributed by atoms with Gasteiger partial charge in [-0.1, -0.05) is 61.0 Å². The van der Waals surface area contributed by atoms with Crippen molar-refractivity contribution in [1.82, 2.24) is 25.5 Å². The molecule has 27 nitrogen and oxygen atoms in total. The van der Waals surface area contributed by atoms with Crippen LogP contribution in [0.25, 0.3) is 17.2 Å². The van der Waals surface area contributed by atoms with E-state index < -0.39 is 83.0 Å². The Labute approximate surface area is 407 Å². The summed E-state index contributed by atoms with van der Waals surface area (Å²) in [6.07, 6.45) is -2.72. The number of alkyl carbamates (subject to hydrolysis) is 2. The first-order valence-electron chi connectivity index (χ1n) is 21.7. The molecule has 2 aliphatic rings. The molecule has 3 aromatic carbocycles. The van der Waals surface area contributed by atoms with Gasteiger partial charge in [0.25, 0.3) is 11.2 Å². The fourth-order valence-corrected chi connectivity index (χ4v) is 10.7. The van der Waals surface area contributed by atoms with Gasteiger partial charge in [0.15, 0.2) is 0 Å². The van der Waals surface area contributed by atoms with E-state index in [9.17, 15) is 62.7 Å². The molecule has 2 heterocycles. The number of hydrogen-bond acceptors (Lipinski definition) is 17. The van der Waals surface area contributed by atoms with Gasteiger partial charge in [-0.25, -0.2) is 28.1 Å². The Kier molecular flexibility index (Phi) is 18.4. The summed E-state index contributed by atoms with van der Waals surface area (Å²) in [7, 11) is -17.1. The first-order valence-corrected chi connectivity index (χ1v) is 26.2. The summed E-state index contributed by atoms with van der Waals surface area (Å²) in [6.45, 7) is 0.881. The molecular formula is C42H49N6O21P3. The molecule has 3 unspecified atom stereocenters. The topological polar surface area (TPSA) is 393 Å². The van der Waals surface area contributed by atoms with E-state index in [0.717, 1.165) is 45.3 Å². The second-order valence-electron chi connectivity index (χ2n) is 16.1. The van der Waals surface area contributed by atoms with Crippen LogP contribution in [-0.4, -0.2) is 89.2 Å². The third-order valence-electron chi connectivity index (χ3n) is 11.0. The van der Waals surface area contributed by atoms with Gasteiger partial charge in [-0.15, -0.1) is 0 Å². The number of fused-ring (bicyclic) bond motifs is 3. The van der Waals surface area contributed by atoms with Crippen LogP contribution in [0.1, 0.15) is 85.1 Å². The van der Waals surface area contributed by atoms with Crippen LogP contribution in [0.4, 0.5) is 15.3 Å². The van der Waals surface area contributed by atoms with Gasteiger partial charge in [0.2, 0.25) is 5.91 Å². The highest BCUT2D eigenvalue weighted by molar-refractivity contribution is 7.66. The molecule has 388 valence electrons. The van der Waals surface area contributed by atoms with Crippen LogP contribution in [0.3, 0.4) is 0 Å². The number of aliphatic hydroxyl groups is 1. The van der Waals surface area contributed by atoms with Gasteiger partial charge in [0.05, 0.1) is 28.8 Å². The number of aromatic nitrogens is 2. The fourth-order valence-electron chi connectivity index (χ4n) is 7.72. The normalized spacial score (nSPS) is 18.6. The van der Waals surface area contributed by atoms with Gasteiger partial charge in [-0.3, -0.25) is 39.1 Å². The molecule has 3 amide bonds. The largest absolute Gasteiger partial charge is 0.490 e. The quantitative estimate of drug-likeness (QED) is 0.0212. The Morgan fingerprint density at radius 1 is 0.917 bits per heavy atom. The van der Waals surface area contributed by atoms with E-state index >= 15 is 0 Å². The lowest BCUT2D eigenvalue weighted by atomic mass is 9.98. The summed E-state index contributed by atoms with van der Waals surface area (Å²) >= 11 is 0. The molecule has 9 N–H and O–H groups in total. The smallest absolute Gasteiger partial charge is 0.449 e. The number of aromatic amines is 1. The van der Waals surface area contributed by atoms with Crippen molar-refractivity contribution in [3.8, 4) is 11.1 Å². The van der Waals surface area contributed by atoms with Crippen molar-refractivity contribution in [2.45, 2.75) is 76.0 Å². The van der Waals surface area contributed by atoms with Crippen LogP contribution in [0, 0.1) is 10.1 Å². The van der Waals surface area contributed by atoms with Crippen LogP contribution >= 0.6 is 23.5 Å². The summed E-state index contributed by atoms with van der Waals surface area (Å²) in [4.78, 5) is 113. The number of nitrogens with zero attached hydrogens (tertiary/aromatic N) is 2. The van der Waals surface area contributed by atoms with Gasteiger partial charge < -0.3 is 49.5 Å². The van der Waals surface area contributed by atoms with Crippen LogP contribution in [0.5, 0.6) is 0 Å². The standard InChI is InChI=1S/C42H49N6O21P3/c1-25(66-42(54)44-18-16-27-22-47(40(52)46-39(27)51)38-20-35(49)36(67-38)24-65-71(60,61)69-72(62,63)68-70(57,58)59)32-19-26(14-15-34(32)48(55)56)21-45-37(50)13-3-2-8-17-43-41(53)64-23-33-30-11-6-4-9-28(30)29-10-5-7-12-31(29)33/h4-7,9-12,14-16,18-19,22,25,33,35-36,38,49H,2-3,8,13,17,20-21,23-24H2,1H3,(H,43,53)(H,44,54)(H,45,50)(H,60,61)(H,62,63)(H,46,51,52)(H2,57,58,59)/b18-16+/t25?,35-,36+,38+/m0/s1. The Morgan fingerprint density at radius 2 is 1.60 bits per heavy atom. The summed E-state index contributed by atoms with van der Waals surface area (Å²) in [5, 5.41) is 30.0. The first kappa shape index (κ1) is 55.1. The maximum atomic E-state index is 12.8. The van der Waals surface area contributed by atoms with Crippen molar-refractivity contribution in [2.75, 3.05) is 19.8 Å². The van der Waals surface area contributed by atoms with E-state index in [1.165, 1.54) is 25.1 Å². The number of rotatable bonds is 23. The third kappa shape index (κ3) is 15.4. The second-order valence-corrected chi connectivity index (χ2v) is 20.5. The van der Waals surface area contributed by atoms with Gasteiger partial charge in [0, 0.05) is 50.3 Å². The zero-order valence-corrected chi connectivity index (χ0v) is 40.5. The van der Waals surface area contributed by atoms with Crippen molar-refractivity contribution in [1.29, 1.82) is 0 Å². The zero-order valence-electron chi connectivity index (χ0n) is 37.8. The summed E-state index contributed by atoms with van der Waals surface area (Å²) in [6, 6.07) is 20.1. The Balaban J connectivity index is 0.921. The molecule has 1 aliphatic heterocycles. The molecule has 6 atom stereocenters. The SMILES string of the molecule is CC(OC(=O)N/C=C/c1cn([C@H]2C[C@H](O)[C@@H](COP(=O)(O)OP(=O)(O)OP(=O)(O)O)O2)c(=O)[nH]c1=O)c1cc(CNC(=O)CCCCCNC(=O)OCC2c3ccccc3-c3ccccc32)ccc1[N+](=O)[O-]. The number of phosphoric ester groups is 1. The second kappa shape index (κ2) is 24.0. The van der Waals surface area contributed by atoms with E-state index in [-0.39, 0.29) is 54.6 Å². The molecular weight excluding hydrogens is 1020 g/mol. The number of nitro groups is 1. The minimum absolute atomic E-state index is 0.000940. The lowest BCUT2D eigenvalue weighted by Gasteiger charge is -2.19. The van der Waals surface area contributed by atoms with Crippen molar-refractivity contribution in [3.05, 3.63) is 138 Å². The van der Waals surface area contributed by atoms with E-state index in [1.54, 1.807) is 0 Å². The van der Waals surface area contributed by atoms with Crippen LogP contribution < -0.4 is 27.2 Å². The van der Waals surface area contributed by atoms with Crippen LogP contribution in [0.15, 0.2) is 88.7 Å². The Bertz CT molecular complexity index is 2920. The molecule has 72 heavy (non-hydrogen) atoms. The molecule has 0 saturated carbocycles. The number of nitro benzene ring substituents is 1. The molecule has 6 rings (SSSR count). The maximum absolute atomic E-state index is 12.8. The number of hydrogen-bond donors (Lipinski definition) is 9. The molecule has 1 fully saturated rings. The van der Waals surface area contributed by atoms with E-state index in [1.807, 2.05) is 41.4 Å². The first-order chi connectivity index (χ1) is 34.0. The molecule has 0 bridgehead atoms. The predicted octanol–water partition coefficient (Wildman–Crippen LogP) is 4.61. The number of ether oxygens (including phenoxy) is 3. The molecule has 30 heteroatoms. The highest BCUT2D eigenvalue weighted by atomic mass is 31.3. The minimum Gasteiger partial charge on any atom is -0.449 e. The molecule has 1 saturated heterocycles. The Hall–Kier alpha value is -6.18. The van der Waals surface area contributed by atoms with Crippen molar-refractivity contribution in [2.24, 2.45) is 0 Å². The van der Waals surface area contributed by atoms with E-state index in [2.05, 4.69) is 41.2 Å². The average Bonchev–Trinajstić information content (AvgIpc) is 3.83. The highest BCUT2D eigenvalue weighted by Gasteiger charge is 2.43. The van der Waals surface area contributed by atoms with Crippen molar-refractivity contribution >= 4 is 53.3 Å². The molecule has 1 aromatic heterocycles. The van der Waals surface area contributed by atoms with Gasteiger partial charge in [-0.05, 0) is 59.7 Å². The van der Waals surface area contributed by atoms with Crippen molar-refractivity contribution < 1.29 is 85.0 Å². The lowest BCUT2D eigenvalue weighted by Crippen LogP contribution is -2.33. The Morgan fingerprint density at radius 3 is 2.26 bits per heavy atom. The zero-order chi connectivity index (χ0) is 52.4. The number of aliphatic hydroxyl groups excluding tert-OH is 1. The molecule has 0 spiro atoms. The lowest BCUT2D eigenvalue weighted by molar-refractivity contribution is -0.386. The predicted molar refractivity (Wildman–Crippen MR) is 249 cm³/mol. The van der Waals surface area contributed by atoms with Gasteiger partial charge in [-0.2, -0.15) is 8.62 Å². The number of nitrogens with one attached hydrogen (secondary N) is 4. The molecule has 1 aliphatic carbocycles. The number of carbonyl (C=O) groups excluding carboxylic acids is 3. The van der Waals surface area contributed by atoms with E-state index in [0.29, 0.717) is 31.4 Å². The summed E-state index contributed by atoms with van der Waals surface area (Å²) < 4.78 is 63.4. The number of unbranched alkanes of at least 4 members (excludes halogenated alkanes) is 2. The van der Waals surface area contributed by atoms with Gasteiger partial charge in [0.1, 0.15) is 25.0 Å². The highest BCUT2D eigenvalue weighted by Crippen LogP contribution is 2.66. The monoisotopic (exact) mass is 1070 g/mol. The number of amides is 3. The number of benzene rings is 3. The fraction of sp³-hybridized carbons (Fsp3) is 0.357. The van der Waals surface area contributed by atoms with Crippen LogP contribution in [-0.2, 0) is 52.4 Å². The average molecular weight is 1070 g/mol. The molecule has 0 radical (unpaired) electrons. The van der Waals surface area contributed by atoms with Gasteiger partial charge >= 0.3 is 41.3 Å². The summed E-state index contributed by atoms with van der Waals surface area (Å²) in [5.74, 6) is -0.344. The number of H-pyrrole nitrogens is 1. The third-order valence-corrected chi connectivity index (χ3v) is 14.8. The van der Waals surface area contributed by atoms with Crippen LogP contribution in [0.2, 0.25) is 0 Å². The number of carbonyl (C=O) groups is 3. The maximum Gasteiger partial charge on any atom is 0.490 e. The molecule has 4 aromatic rings. The summed E-state index contributed by atoms with van der Waals surface area (Å²) in [5.41, 5.74) is 2.31. The van der Waals surface area contributed by atoms with E-state index in [4.69, 9.17) is 24.0 Å². The minimum atomic E-state index is -5.83. The number of phosphoric acid groups is 3. The van der Waals surface area contributed by atoms with Crippen molar-refractivity contribution in [3.63, 3.8) is 0 Å².